The summed E-state index contributed by atoms with van der Waals surface area (Å²) < 4.78 is 0.953. The summed E-state index contributed by atoms with van der Waals surface area (Å²) in [4.78, 5) is 29.0. The highest BCUT2D eigenvalue weighted by atomic mass is 35.5. The molecule has 7 heteroatoms. The average molecular weight is 296 g/mol. The SMILES string of the molecule is NC(=O)C1CC(=O)N(c2nc3cc(Cl)ccc3s2)C1. The van der Waals surface area contributed by atoms with Crippen LogP contribution in [0, 0.1) is 5.92 Å². The van der Waals surface area contributed by atoms with E-state index >= 15 is 0 Å². The summed E-state index contributed by atoms with van der Waals surface area (Å²) in [5, 5.41) is 1.19. The fraction of sp³-hybridized carbons (Fsp3) is 0.250. The molecule has 3 rings (SSSR count). The molecule has 1 aromatic heterocycles. The van der Waals surface area contributed by atoms with Crippen LogP contribution in [0.1, 0.15) is 6.42 Å². The Balaban J connectivity index is 1.96. The highest BCUT2D eigenvalue weighted by Crippen LogP contribution is 2.33. The highest BCUT2D eigenvalue weighted by molar-refractivity contribution is 7.22. The normalized spacial score (nSPS) is 19.3. The van der Waals surface area contributed by atoms with Gasteiger partial charge in [-0.05, 0) is 18.2 Å². The Labute approximate surface area is 118 Å². The lowest BCUT2D eigenvalue weighted by atomic mass is 10.1. The van der Waals surface area contributed by atoms with Crippen LogP contribution in [0.25, 0.3) is 10.2 Å². The topological polar surface area (TPSA) is 76.3 Å². The van der Waals surface area contributed by atoms with Crippen LogP contribution >= 0.6 is 22.9 Å². The number of carbonyl (C=O) groups excluding carboxylic acids is 2. The van der Waals surface area contributed by atoms with E-state index in [0.29, 0.717) is 16.7 Å². The predicted molar refractivity (Wildman–Crippen MR) is 74.3 cm³/mol. The number of thiazole rings is 1. The summed E-state index contributed by atoms with van der Waals surface area (Å²) in [7, 11) is 0. The van der Waals surface area contributed by atoms with Crippen LogP contribution in [-0.2, 0) is 9.59 Å². The first-order chi connectivity index (χ1) is 9.04. The van der Waals surface area contributed by atoms with Crippen molar-refractivity contribution in [2.75, 3.05) is 11.4 Å². The van der Waals surface area contributed by atoms with Gasteiger partial charge >= 0.3 is 0 Å². The molecule has 2 heterocycles. The van der Waals surface area contributed by atoms with E-state index in [0.717, 1.165) is 10.2 Å². The van der Waals surface area contributed by atoms with Crippen LogP contribution in [0.5, 0.6) is 0 Å². The van der Waals surface area contributed by atoms with E-state index in [2.05, 4.69) is 4.98 Å². The summed E-state index contributed by atoms with van der Waals surface area (Å²) in [5.41, 5.74) is 6.00. The van der Waals surface area contributed by atoms with Crippen molar-refractivity contribution in [1.82, 2.24) is 4.98 Å². The molecule has 0 bridgehead atoms. The largest absolute Gasteiger partial charge is 0.369 e. The predicted octanol–water partition coefficient (Wildman–Crippen LogP) is 1.79. The van der Waals surface area contributed by atoms with Gasteiger partial charge in [0.15, 0.2) is 5.13 Å². The first-order valence-corrected chi connectivity index (χ1v) is 6.90. The number of hydrogen-bond acceptors (Lipinski definition) is 4. The Morgan fingerprint density at radius 2 is 2.32 bits per heavy atom. The highest BCUT2D eigenvalue weighted by Gasteiger charge is 2.35. The minimum atomic E-state index is -0.444. The molecule has 1 aliphatic heterocycles. The van der Waals surface area contributed by atoms with Crippen molar-refractivity contribution < 1.29 is 9.59 Å². The zero-order chi connectivity index (χ0) is 13.6. The van der Waals surface area contributed by atoms with Crippen molar-refractivity contribution in [2.45, 2.75) is 6.42 Å². The molecular formula is C12H10ClN3O2S. The summed E-state index contributed by atoms with van der Waals surface area (Å²) in [6.45, 7) is 0.307. The number of amides is 2. The van der Waals surface area contributed by atoms with Crippen LogP contribution in [0.2, 0.25) is 5.02 Å². The maximum absolute atomic E-state index is 11.9. The summed E-state index contributed by atoms with van der Waals surface area (Å²) in [6, 6.07) is 5.40. The van der Waals surface area contributed by atoms with Crippen LogP contribution in [0.3, 0.4) is 0 Å². The van der Waals surface area contributed by atoms with E-state index < -0.39 is 11.8 Å². The molecule has 0 spiro atoms. The third kappa shape index (κ3) is 2.17. The second kappa shape index (κ2) is 4.47. The zero-order valence-electron chi connectivity index (χ0n) is 9.80. The molecule has 1 unspecified atom stereocenters. The number of benzene rings is 1. The van der Waals surface area contributed by atoms with Gasteiger partial charge in [0.2, 0.25) is 11.8 Å². The molecule has 1 atom stereocenters. The number of fused-ring (bicyclic) bond motifs is 1. The third-order valence-electron chi connectivity index (χ3n) is 3.10. The Hall–Kier alpha value is -1.66. The van der Waals surface area contributed by atoms with Crippen LogP contribution in [0.4, 0.5) is 5.13 Å². The molecule has 1 saturated heterocycles. The molecule has 2 amide bonds. The van der Waals surface area contributed by atoms with Crippen molar-refractivity contribution in [2.24, 2.45) is 11.7 Å². The van der Waals surface area contributed by atoms with Gasteiger partial charge in [-0.25, -0.2) is 4.98 Å². The second-order valence-electron chi connectivity index (χ2n) is 4.42. The van der Waals surface area contributed by atoms with E-state index in [1.807, 2.05) is 6.07 Å². The maximum atomic E-state index is 11.9. The summed E-state index contributed by atoms with van der Waals surface area (Å²) in [6.07, 6.45) is 0.159. The smallest absolute Gasteiger partial charge is 0.229 e. The molecule has 1 fully saturated rings. The number of nitrogens with two attached hydrogens (primary N) is 1. The molecule has 1 aromatic carbocycles. The monoisotopic (exact) mass is 295 g/mol. The lowest BCUT2D eigenvalue weighted by Crippen LogP contribution is -2.28. The van der Waals surface area contributed by atoms with Crippen molar-refractivity contribution in [1.29, 1.82) is 0 Å². The molecular weight excluding hydrogens is 286 g/mol. The summed E-state index contributed by atoms with van der Waals surface area (Å²) >= 11 is 7.31. The number of anilines is 1. The molecule has 98 valence electrons. The number of nitrogens with zero attached hydrogens (tertiary/aromatic N) is 2. The fourth-order valence-corrected chi connectivity index (χ4v) is 3.23. The van der Waals surface area contributed by atoms with Gasteiger partial charge in [0.25, 0.3) is 0 Å². The van der Waals surface area contributed by atoms with Crippen molar-refractivity contribution >= 4 is 50.1 Å². The van der Waals surface area contributed by atoms with Crippen molar-refractivity contribution in [3.05, 3.63) is 23.2 Å². The van der Waals surface area contributed by atoms with Gasteiger partial charge < -0.3 is 5.73 Å². The standard InChI is InChI=1S/C12H10ClN3O2S/c13-7-1-2-9-8(4-7)15-12(19-9)16-5-6(11(14)18)3-10(16)17/h1-2,4,6H,3,5H2,(H2,14,18). The number of halogens is 1. The van der Waals surface area contributed by atoms with Gasteiger partial charge in [-0.3, -0.25) is 14.5 Å². The van der Waals surface area contributed by atoms with Crippen LogP contribution in [-0.4, -0.2) is 23.3 Å². The molecule has 0 radical (unpaired) electrons. The minimum absolute atomic E-state index is 0.117. The number of hydrogen-bond donors (Lipinski definition) is 1. The second-order valence-corrected chi connectivity index (χ2v) is 5.86. The van der Waals surface area contributed by atoms with Gasteiger partial charge in [-0.15, -0.1) is 0 Å². The number of primary amides is 1. The molecule has 0 aliphatic carbocycles. The van der Waals surface area contributed by atoms with Crippen molar-refractivity contribution in [3.63, 3.8) is 0 Å². The molecule has 2 N–H and O–H groups in total. The molecule has 19 heavy (non-hydrogen) atoms. The van der Waals surface area contributed by atoms with Crippen molar-refractivity contribution in [3.8, 4) is 0 Å². The molecule has 2 aromatic rings. The van der Waals surface area contributed by atoms with E-state index in [4.69, 9.17) is 17.3 Å². The third-order valence-corrected chi connectivity index (χ3v) is 4.39. The van der Waals surface area contributed by atoms with Gasteiger partial charge in [0.1, 0.15) is 0 Å². The average Bonchev–Trinajstić information content (AvgIpc) is 2.91. The number of rotatable bonds is 2. The van der Waals surface area contributed by atoms with E-state index in [-0.39, 0.29) is 12.3 Å². The maximum Gasteiger partial charge on any atom is 0.229 e. The lowest BCUT2D eigenvalue weighted by Gasteiger charge is -2.11. The van der Waals surface area contributed by atoms with Crippen LogP contribution in [0.15, 0.2) is 18.2 Å². The first-order valence-electron chi connectivity index (χ1n) is 5.70. The fourth-order valence-electron chi connectivity index (χ4n) is 2.09. The minimum Gasteiger partial charge on any atom is -0.369 e. The van der Waals surface area contributed by atoms with Gasteiger partial charge in [0, 0.05) is 18.0 Å². The molecule has 5 nitrogen and oxygen atoms in total. The lowest BCUT2D eigenvalue weighted by molar-refractivity contribution is -0.123. The number of aromatic nitrogens is 1. The number of carbonyl (C=O) groups is 2. The summed E-state index contributed by atoms with van der Waals surface area (Å²) in [5.74, 6) is -0.989. The van der Waals surface area contributed by atoms with Gasteiger partial charge in [-0.1, -0.05) is 22.9 Å². The first kappa shape index (κ1) is 12.4. The van der Waals surface area contributed by atoms with Gasteiger partial charge in [-0.2, -0.15) is 0 Å². The van der Waals surface area contributed by atoms with Crippen LogP contribution < -0.4 is 10.6 Å². The molecule has 0 saturated carbocycles. The Bertz CT molecular complexity index is 685. The Kier molecular flexibility index (Phi) is 2.91. The van der Waals surface area contributed by atoms with E-state index in [1.165, 1.54) is 16.2 Å². The Morgan fingerprint density at radius 1 is 1.53 bits per heavy atom. The van der Waals surface area contributed by atoms with E-state index in [9.17, 15) is 9.59 Å². The molecule has 1 aliphatic rings. The Morgan fingerprint density at radius 3 is 3.00 bits per heavy atom. The van der Waals surface area contributed by atoms with Gasteiger partial charge in [0.05, 0.1) is 16.1 Å². The zero-order valence-corrected chi connectivity index (χ0v) is 11.4. The van der Waals surface area contributed by atoms with E-state index in [1.54, 1.807) is 12.1 Å². The quantitative estimate of drug-likeness (QED) is 0.917.